The SMILES string of the molecule is Cc1cc(C)c(N2CC(C)NCCC2(C)C)c(C)c1. The molecule has 2 nitrogen and oxygen atoms in total. The minimum atomic E-state index is 0.211. The van der Waals surface area contributed by atoms with Gasteiger partial charge in [0.25, 0.3) is 0 Å². The molecule has 2 rings (SSSR count). The van der Waals surface area contributed by atoms with E-state index in [9.17, 15) is 0 Å². The molecule has 1 atom stereocenters. The number of hydrogen-bond donors (Lipinski definition) is 1. The van der Waals surface area contributed by atoms with Crippen LogP contribution in [0.3, 0.4) is 0 Å². The first-order chi connectivity index (χ1) is 8.81. The van der Waals surface area contributed by atoms with Crippen molar-refractivity contribution in [2.24, 2.45) is 0 Å². The number of hydrogen-bond acceptors (Lipinski definition) is 2. The molecule has 1 unspecified atom stereocenters. The van der Waals surface area contributed by atoms with E-state index in [4.69, 9.17) is 0 Å². The van der Waals surface area contributed by atoms with Crippen LogP contribution in [0.25, 0.3) is 0 Å². The van der Waals surface area contributed by atoms with E-state index in [-0.39, 0.29) is 5.54 Å². The third kappa shape index (κ3) is 2.94. The third-order valence-corrected chi connectivity index (χ3v) is 4.32. The maximum Gasteiger partial charge on any atom is 0.0430 e. The van der Waals surface area contributed by atoms with E-state index in [1.54, 1.807) is 0 Å². The van der Waals surface area contributed by atoms with Crippen LogP contribution in [0.4, 0.5) is 5.69 Å². The Morgan fingerprint density at radius 1 is 1.16 bits per heavy atom. The summed E-state index contributed by atoms with van der Waals surface area (Å²) in [6, 6.07) is 5.16. The topological polar surface area (TPSA) is 15.3 Å². The van der Waals surface area contributed by atoms with Crippen molar-refractivity contribution in [2.75, 3.05) is 18.0 Å². The fraction of sp³-hybridized carbons (Fsp3) is 0.647. The van der Waals surface area contributed by atoms with Crippen LogP contribution in [0.1, 0.15) is 43.9 Å². The van der Waals surface area contributed by atoms with E-state index in [1.807, 2.05) is 0 Å². The van der Waals surface area contributed by atoms with Gasteiger partial charge in [-0.05, 0) is 65.6 Å². The zero-order chi connectivity index (χ0) is 14.2. The summed E-state index contributed by atoms with van der Waals surface area (Å²) in [6.45, 7) is 15.9. The van der Waals surface area contributed by atoms with Crippen molar-refractivity contribution in [1.82, 2.24) is 5.32 Å². The van der Waals surface area contributed by atoms with Crippen molar-refractivity contribution in [3.63, 3.8) is 0 Å². The van der Waals surface area contributed by atoms with Gasteiger partial charge in [0.15, 0.2) is 0 Å². The molecule has 0 radical (unpaired) electrons. The maximum atomic E-state index is 3.61. The molecule has 0 aliphatic carbocycles. The van der Waals surface area contributed by atoms with Gasteiger partial charge in [-0.1, -0.05) is 17.7 Å². The minimum absolute atomic E-state index is 0.211. The van der Waals surface area contributed by atoms with Gasteiger partial charge in [-0.2, -0.15) is 0 Å². The van der Waals surface area contributed by atoms with Crippen LogP contribution in [0.5, 0.6) is 0 Å². The monoisotopic (exact) mass is 260 g/mol. The number of rotatable bonds is 1. The molecule has 1 fully saturated rings. The van der Waals surface area contributed by atoms with Crippen LogP contribution < -0.4 is 10.2 Å². The fourth-order valence-electron chi connectivity index (χ4n) is 3.34. The van der Waals surface area contributed by atoms with Gasteiger partial charge in [-0.15, -0.1) is 0 Å². The summed E-state index contributed by atoms with van der Waals surface area (Å²) in [5.74, 6) is 0. The lowest BCUT2D eigenvalue weighted by molar-refractivity contribution is 0.451. The van der Waals surface area contributed by atoms with Gasteiger partial charge in [0, 0.05) is 23.8 Å². The molecule has 1 heterocycles. The molecule has 2 heteroatoms. The molecular weight excluding hydrogens is 232 g/mol. The van der Waals surface area contributed by atoms with E-state index in [0.717, 1.165) is 13.1 Å². The van der Waals surface area contributed by atoms with Crippen molar-refractivity contribution in [1.29, 1.82) is 0 Å². The summed E-state index contributed by atoms with van der Waals surface area (Å²) in [5.41, 5.74) is 5.81. The van der Waals surface area contributed by atoms with Gasteiger partial charge >= 0.3 is 0 Å². The lowest BCUT2D eigenvalue weighted by Crippen LogP contribution is -2.47. The molecule has 1 N–H and O–H groups in total. The summed E-state index contributed by atoms with van der Waals surface area (Å²) in [6.07, 6.45) is 1.18. The lowest BCUT2D eigenvalue weighted by atomic mass is 9.94. The summed E-state index contributed by atoms with van der Waals surface area (Å²) in [5, 5.41) is 3.61. The summed E-state index contributed by atoms with van der Waals surface area (Å²) in [4.78, 5) is 2.61. The Labute approximate surface area is 118 Å². The highest BCUT2D eigenvalue weighted by atomic mass is 15.2. The average Bonchev–Trinajstić information content (AvgIpc) is 2.37. The van der Waals surface area contributed by atoms with E-state index in [0.29, 0.717) is 6.04 Å². The first-order valence-electron chi connectivity index (χ1n) is 7.40. The van der Waals surface area contributed by atoms with Crippen LogP contribution in [-0.4, -0.2) is 24.7 Å². The predicted molar refractivity (Wildman–Crippen MR) is 84.2 cm³/mol. The van der Waals surface area contributed by atoms with Gasteiger partial charge in [0.05, 0.1) is 0 Å². The van der Waals surface area contributed by atoms with Crippen LogP contribution in [0.15, 0.2) is 12.1 Å². The molecule has 1 aromatic rings. The Bertz CT molecular complexity index is 439. The molecule has 0 bridgehead atoms. The van der Waals surface area contributed by atoms with E-state index in [1.165, 1.54) is 28.8 Å². The van der Waals surface area contributed by atoms with Gasteiger partial charge in [-0.3, -0.25) is 0 Å². The zero-order valence-electron chi connectivity index (χ0n) is 13.3. The molecule has 1 aliphatic rings. The van der Waals surface area contributed by atoms with E-state index in [2.05, 4.69) is 63.9 Å². The largest absolute Gasteiger partial charge is 0.364 e. The Balaban J connectivity index is 2.48. The van der Waals surface area contributed by atoms with Gasteiger partial charge in [0.1, 0.15) is 0 Å². The second-order valence-electron chi connectivity index (χ2n) is 6.78. The highest BCUT2D eigenvalue weighted by molar-refractivity contribution is 5.62. The standard InChI is InChI=1S/C17H28N2/c1-12-9-13(2)16(14(3)10-12)19-11-15(4)18-8-7-17(19,5)6/h9-10,15,18H,7-8,11H2,1-6H3. The van der Waals surface area contributed by atoms with Crippen LogP contribution >= 0.6 is 0 Å². The van der Waals surface area contributed by atoms with Gasteiger partial charge < -0.3 is 10.2 Å². The number of nitrogens with one attached hydrogen (secondary N) is 1. The Kier molecular flexibility index (Phi) is 3.91. The Hall–Kier alpha value is -1.02. The number of nitrogens with zero attached hydrogens (tertiary/aromatic N) is 1. The van der Waals surface area contributed by atoms with E-state index < -0.39 is 0 Å². The summed E-state index contributed by atoms with van der Waals surface area (Å²) >= 11 is 0. The Morgan fingerprint density at radius 2 is 1.74 bits per heavy atom. The highest BCUT2D eigenvalue weighted by Gasteiger charge is 2.32. The highest BCUT2D eigenvalue weighted by Crippen LogP contribution is 2.34. The first kappa shape index (κ1) is 14.4. The molecular formula is C17H28N2. The number of aryl methyl sites for hydroxylation is 3. The second-order valence-corrected chi connectivity index (χ2v) is 6.78. The van der Waals surface area contributed by atoms with Crippen LogP contribution in [-0.2, 0) is 0 Å². The van der Waals surface area contributed by atoms with Crippen LogP contribution in [0.2, 0.25) is 0 Å². The molecule has 19 heavy (non-hydrogen) atoms. The minimum Gasteiger partial charge on any atom is -0.364 e. The van der Waals surface area contributed by atoms with Crippen LogP contribution in [0, 0.1) is 20.8 Å². The number of anilines is 1. The Morgan fingerprint density at radius 3 is 2.32 bits per heavy atom. The average molecular weight is 260 g/mol. The zero-order valence-corrected chi connectivity index (χ0v) is 13.3. The normalized spacial score (nSPS) is 23.3. The lowest BCUT2D eigenvalue weighted by Gasteiger charge is -2.41. The number of benzene rings is 1. The maximum absolute atomic E-state index is 3.61. The van der Waals surface area contributed by atoms with E-state index >= 15 is 0 Å². The van der Waals surface area contributed by atoms with Crippen molar-refractivity contribution < 1.29 is 0 Å². The molecule has 0 aromatic heterocycles. The smallest absolute Gasteiger partial charge is 0.0430 e. The van der Waals surface area contributed by atoms with Gasteiger partial charge in [0.2, 0.25) is 0 Å². The summed E-state index contributed by atoms with van der Waals surface area (Å²) in [7, 11) is 0. The molecule has 106 valence electrons. The fourth-order valence-corrected chi connectivity index (χ4v) is 3.34. The molecule has 1 aromatic carbocycles. The van der Waals surface area contributed by atoms with Gasteiger partial charge in [-0.25, -0.2) is 0 Å². The molecule has 1 aliphatic heterocycles. The first-order valence-corrected chi connectivity index (χ1v) is 7.40. The van der Waals surface area contributed by atoms with Crippen molar-refractivity contribution in [3.8, 4) is 0 Å². The molecule has 1 saturated heterocycles. The van der Waals surface area contributed by atoms with Crippen molar-refractivity contribution >= 4 is 5.69 Å². The third-order valence-electron chi connectivity index (χ3n) is 4.32. The second kappa shape index (κ2) is 5.16. The summed E-state index contributed by atoms with van der Waals surface area (Å²) < 4.78 is 0. The molecule has 0 amide bonds. The van der Waals surface area contributed by atoms with Crippen molar-refractivity contribution in [3.05, 3.63) is 28.8 Å². The van der Waals surface area contributed by atoms with Crippen molar-refractivity contribution in [2.45, 2.75) is 59.5 Å². The quantitative estimate of drug-likeness (QED) is 0.830. The predicted octanol–water partition coefficient (Wildman–Crippen LogP) is 3.58. The molecule has 0 spiro atoms. The molecule has 0 saturated carbocycles.